The summed E-state index contributed by atoms with van der Waals surface area (Å²) >= 11 is 6.01. The zero-order valence-corrected chi connectivity index (χ0v) is 11.1. The van der Waals surface area contributed by atoms with E-state index in [1.54, 1.807) is 0 Å². The molecule has 2 nitrogen and oxygen atoms in total. The van der Waals surface area contributed by atoms with Crippen LogP contribution >= 0.6 is 11.6 Å². The Bertz CT molecular complexity index is 658. The molecule has 0 saturated carbocycles. The molecule has 0 aliphatic heterocycles. The van der Waals surface area contributed by atoms with Gasteiger partial charge in [0, 0.05) is 16.8 Å². The van der Waals surface area contributed by atoms with E-state index in [9.17, 15) is 0 Å². The van der Waals surface area contributed by atoms with E-state index in [0.717, 1.165) is 23.6 Å². The quantitative estimate of drug-likeness (QED) is 0.899. The van der Waals surface area contributed by atoms with Crippen molar-refractivity contribution in [3.8, 4) is 6.07 Å². The third kappa shape index (κ3) is 2.57. The van der Waals surface area contributed by atoms with Crippen molar-refractivity contribution in [3.63, 3.8) is 0 Å². The average molecular weight is 269 g/mol. The number of hydrogen-bond acceptors (Lipinski definition) is 2. The number of nitriles is 1. The lowest BCUT2D eigenvalue weighted by Crippen LogP contribution is -2.19. The van der Waals surface area contributed by atoms with E-state index < -0.39 is 0 Å². The molecule has 1 N–H and O–H groups in total. The van der Waals surface area contributed by atoms with Gasteiger partial charge in [-0.05, 0) is 54.3 Å². The summed E-state index contributed by atoms with van der Waals surface area (Å²) in [6.07, 6.45) is 1.98. The fourth-order valence-electron chi connectivity index (χ4n) is 2.60. The predicted molar refractivity (Wildman–Crippen MR) is 77.4 cm³/mol. The van der Waals surface area contributed by atoms with Crippen LogP contribution in [0.25, 0.3) is 0 Å². The van der Waals surface area contributed by atoms with Crippen LogP contribution in [0.3, 0.4) is 0 Å². The minimum Gasteiger partial charge on any atom is -0.382 e. The van der Waals surface area contributed by atoms with Gasteiger partial charge in [-0.2, -0.15) is 5.26 Å². The Morgan fingerprint density at radius 1 is 1.11 bits per heavy atom. The van der Waals surface area contributed by atoms with Gasteiger partial charge in [-0.1, -0.05) is 23.7 Å². The second-order valence-electron chi connectivity index (χ2n) is 4.86. The van der Waals surface area contributed by atoms with Crippen molar-refractivity contribution in [2.24, 2.45) is 0 Å². The maximum absolute atomic E-state index is 8.90. The van der Waals surface area contributed by atoms with Crippen molar-refractivity contribution >= 4 is 17.3 Å². The number of rotatable bonds is 2. The number of benzene rings is 2. The zero-order chi connectivity index (χ0) is 13.2. The van der Waals surface area contributed by atoms with E-state index >= 15 is 0 Å². The third-order valence-electron chi connectivity index (χ3n) is 3.46. The van der Waals surface area contributed by atoms with Crippen LogP contribution in [0.4, 0.5) is 5.69 Å². The molecule has 3 rings (SSSR count). The molecule has 1 aliphatic rings. The summed E-state index contributed by atoms with van der Waals surface area (Å²) in [5, 5.41) is 13.2. The Hall–Kier alpha value is -1.98. The summed E-state index contributed by atoms with van der Waals surface area (Å²) in [5.41, 5.74) is 4.37. The van der Waals surface area contributed by atoms with Crippen LogP contribution in [-0.2, 0) is 12.8 Å². The maximum Gasteiger partial charge on any atom is 0.0992 e. The van der Waals surface area contributed by atoms with E-state index in [0.29, 0.717) is 11.6 Å². The highest BCUT2D eigenvalue weighted by atomic mass is 35.5. The first-order valence-corrected chi connectivity index (χ1v) is 6.66. The van der Waals surface area contributed by atoms with Crippen molar-refractivity contribution in [1.29, 1.82) is 5.26 Å². The summed E-state index contributed by atoms with van der Waals surface area (Å²) < 4.78 is 0. The van der Waals surface area contributed by atoms with Gasteiger partial charge in [0.15, 0.2) is 0 Å². The summed E-state index contributed by atoms with van der Waals surface area (Å²) in [5.74, 6) is 0. The van der Waals surface area contributed by atoms with Gasteiger partial charge >= 0.3 is 0 Å². The first-order valence-electron chi connectivity index (χ1n) is 6.28. The molecule has 2 aromatic rings. The van der Waals surface area contributed by atoms with Gasteiger partial charge in [0.05, 0.1) is 11.6 Å². The Morgan fingerprint density at radius 2 is 1.95 bits per heavy atom. The molecule has 1 unspecified atom stereocenters. The molecule has 0 amide bonds. The minimum absolute atomic E-state index is 0.377. The molecule has 0 radical (unpaired) electrons. The molecule has 0 aromatic heterocycles. The van der Waals surface area contributed by atoms with Crippen LogP contribution in [0.1, 0.15) is 16.7 Å². The smallest absolute Gasteiger partial charge is 0.0992 e. The fourth-order valence-corrected chi connectivity index (χ4v) is 2.80. The number of nitrogens with one attached hydrogen (secondary N) is 1. The SMILES string of the molecule is N#Cc1cccc(NC2Cc3ccc(Cl)cc3C2)c1. The Labute approximate surface area is 117 Å². The van der Waals surface area contributed by atoms with E-state index in [2.05, 4.69) is 17.5 Å². The Kier molecular flexibility index (Phi) is 3.15. The van der Waals surface area contributed by atoms with E-state index in [1.165, 1.54) is 11.1 Å². The minimum atomic E-state index is 0.377. The number of anilines is 1. The lowest BCUT2D eigenvalue weighted by atomic mass is 10.1. The maximum atomic E-state index is 8.90. The zero-order valence-electron chi connectivity index (χ0n) is 10.4. The van der Waals surface area contributed by atoms with Gasteiger partial charge in [0.25, 0.3) is 0 Å². The van der Waals surface area contributed by atoms with E-state index in [1.807, 2.05) is 36.4 Å². The highest BCUT2D eigenvalue weighted by Crippen LogP contribution is 2.27. The van der Waals surface area contributed by atoms with Crippen molar-refractivity contribution in [2.75, 3.05) is 5.32 Å². The largest absolute Gasteiger partial charge is 0.382 e. The summed E-state index contributed by atoms with van der Waals surface area (Å²) in [6, 6.07) is 16.2. The lowest BCUT2D eigenvalue weighted by Gasteiger charge is -2.13. The molecule has 1 atom stereocenters. The number of fused-ring (bicyclic) bond motifs is 1. The molecule has 0 heterocycles. The van der Waals surface area contributed by atoms with Crippen LogP contribution in [0.2, 0.25) is 5.02 Å². The number of hydrogen-bond donors (Lipinski definition) is 1. The molecule has 0 spiro atoms. The van der Waals surface area contributed by atoms with Gasteiger partial charge in [0.1, 0.15) is 0 Å². The molecule has 0 fully saturated rings. The molecule has 1 aliphatic carbocycles. The first kappa shape index (κ1) is 12.1. The summed E-state index contributed by atoms with van der Waals surface area (Å²) in [6.45, 7) is 0. The highest BCUT2D eigenvalue weighted by molar-refractivity contribution is 6.30. The molecule has 0 bridgehead atoms. The van der Waals surface area contributed by atoms with Crippen LogP contribution in [0, 0.1) is 11.3 Å². The van der Waals surface area contributed by atoms with Crippen molar-refractivity contribution in [2.45, 2.75) is 18.9 Å². The van der Waals surface area contributed by atoms with E-state index in [4.69, 9.17) is 16.9 Å². The molecule has 19 heavy (non-hydrogen) atoms. The average Bonchev–Trinajstić information content (AvgIpc) is 2.80. The van der Waals surface area contributed by atoms with Gasteiger partial charge in [0.2, 0.25) is 0 Å². The lowest BCUT2D eigenvalue weighted by molar-refractivity contribution is 0.774. The van der Waals surface area contributed by atoms with Gasteiger partial charge < -0.3 is 5.32 Å². The fraction of sp³-hybridized carbons (Fsp3) is 0.188. The van der Waals surface area contributed by atoms with Crippen LogP contribution in [0.15, 0.2) is 42.5 Å². The summed E-state index contributed by atoms with van der Waals surface area (Å²) in [7, 11) is 0. The number of halogens is 1. The second-order valence-corrected chi connectivity index (χ2v) is 5.29. The molecule has 94 valence electrons. The monoisotopic (exact) mass is 268 g/mol. The predicted octanol–water partition coefficient (Wildman–Crippen LogP) is 3.79. The van der Waals surface area contributed by atoms with E-state index in [-0.39, 0.29) is 0 Å². The molecular formula is C16H13ClN2. The number of nitrogens with zero attached hydrogens (tertiary/aromatic N) is 1. The normalized spacial score (nSPS) is 16.7. The topological polar surface area (TPSA) is 35.8 Å². The molecule has 0 saturated heterocycles. The molecular weight excluding hydrogens is 256 g/mol. The van der Waals surface area contributed by atoms with Crippen LogP contribution in [-0.4, -0.2) is 6.04 Å². The van der Waals surface area contributed by atoms with Gasteiger partial charge in [-0.15, -0.1) is 0 Å². The highest BCUT2D eigenvalue weighted by Gasteiger charge is 2.21. The van der Waals surface area contributed by atoms with Crippen LogP contribution in [0.5, 0.6) is 0 Å². The second kappa shape index (κ2) is 4.95. The van der Waals surface area contributed by atoms with Crippen molar-refractivity contribution in [3.05, 3.63) is 64.2 Å². The van der Waals surface area contributed by atoms with Crippen molar-refractivity contribution in [1.82, 2.24) is 0 Å². The van der Waals surface area contributed by atoms with Gasteiger partial charge in [-0.3, -0.25) is 0 Å². The third-order valence-corrected chi connectivity index (χ3v) is 3.70. The summed E-state index contributed by atoms with van der Waals surface area (Å²) in [4.78, 5) is 0. The molecule has 3 heteroatoms. The van der Waals surface area contributed by atoms with Crippen LogP contribution < -0.4 is 5.32 Å². The van der Waals surface area contributed by atoms with Crippen molar-refractivity contribution < 1.29 is 0 Å². The standard InChI is InChI=1S/C16H13ClN2/c17-14-5-4-12-8-16(9-13(12)7-14)19-15-3-1-2-11(6-15)10-18/h1-7,16,19H,8-9H2. The molecule has 2 aromatic carbocycles. The first-order chi connectivity index (χ1) is 9.24. The van der Waals surface area contributed by atoms with Gasteiger partial charge in [-0.25, -0.2) is 0 Å². The Morgan fingerprint density at radius 3 is 2.79 bits per heavy atom. The Balaban J connectivity index is 1.75.